The van der Waals surface area contributed by atoms with Crippen molar-refractivity contribution in [2.45, 2.75) is 39.4 Å². The molecule has 202 valence electrons. The average Bonchev–Trinajstić information content (AvgIpc) is 2.90. The van der Waals surface area contributed by atoms with Gasteiger partial charge in [0, 0.05) is 12.7 Å². The van der Waals surface area contributed by atoms with E-state index in [0.717, 1.165) is 16.7 Å². The van der Waals surface area contributed by atoms with Crippen molar-refractivity contribution in [1.82, 2.24) is 0 Å². The van der Waals surface area contributed by atoms with Crippen LogP contribution in [0.15, 0.2) is 60.7 Å². The Labute approximate surface area is 223 Å². The summed E-state index contributed by atoms with van der Waals surface area (Å²) in [7, 11) is 4.37. The van der Waals surface area contributed by atoms with Crippen molar-refractivity contribution in [1.29, 1.82) is 0 Å². The van der Waals surface area contributed by atoms with E-state index in [1.54, 1.807) is 32.9 Å². The molecule has 0 atom stereocenters. The highest BCUT2D eigenvalue weighted by atomic mass is 16.7. The van der Waals surface area contributed by atoms with E-state index in [1.807, 2.05) is 48.5 Å². The molecule has 0 aliphatic heterocycles. The van der Waals surface area contributed by atoms with E-state index < -0.39 is 11.6 Å². The first-order valence-corrected chi connectivity index (χ1v) is 12.1. The second kappa shape index (κ2) is 13.0. The van der Waals surface area contributed by atoms with Gasteiger partial charge in [-0.1, -0.05) is 42.5 Å². The van der Waals surface area contributed by atoms with Gasteiger partial charge in [-0.2, -0.15) is 0 Å². The van der Waals surface area contributed by atoms with Crippen LogP contribution < -0.4 is 14.2 Å². The van der Waals surface area contributed by atoms with Crippen LogP contribution in [-0.4, -0.2) is 45.7 Å². The monoisotopic (exact) mass is 522 g/mol. The van der Waals surface area contributed by atoms with Crippen LogP contribution in [0.4, 0.5) is 0 Å². The van der Waals surface area contributed by atoms with Crippen LogP contribution >= 0.6 is 0 Å². The molecule has 3 aromatic carbocycles. The summed E-state index contributed by atoms with van der Waals surface area (Å²) < 4.78 is 32.6. The third kappa shape index (κ3) is 7.73. The van der Waals surface area contributed by atoms with Crippen molar-refractivity contribution >= 4 is 11.9 Å². The van der Waals surface area contributed by atoms with E-state index >= 15 is 0 Å². The van der Waals surface area contributed by atoms with Crippen LogP contribution in [-0.2, 0) is 32.0 Å². The molecular formula is C30H34O8. The summed E-state index contributed by atoms with van der Waals surface area (Å²) in [4.78, 5) is 24.6. The Morgan fingerprint density at radius 1 is 0.789 bits per heavy atom. The Kier molecular flexibility index (Phi) is 9.73. The van der Waals surface area contributed by atoms with Gasteiger partial charge in [-0.3, -0.25) is 4.79 Å². The maximum atomic E-state index is 13.2. The molecule has 0 unspecified atom stereocenters. The number of carbonyl (C=O) groups is 2. The minimum absolute atomic E-state index is 0.0679. The van der Waals surface area contributed by atoms with Gasteiger partial charge in [0.1, 0.15) is 23.5 Å². The zero-order chi connectivity index (χ0) is 27.7. The average molecular weight is 523 g/mol. The second-order valence-electron chi connectivity index (χ2n) is 9.45. The van der Waals surface area contributed by atoms with Crippen molar-refractivity contribution in [3.05, 3.63) is 77.4 Å². The van der Waals surface area contributed by atoms with E-state index in [4.69, 9.17) is 28.4 Å². The second-order valence-corrected chi connectivity index (χ2v) is 9.45. The van der Waals surface area contributed by atoms with Gasteiger partial charge in [0.05, 0.1) is 20.6 Å². The van der Waals surface area contributed by atoms with Gasteiger partial charge in [0.15, 0.2) is 18.3 Å². The summed E-state index contributed by atoms with van der Waals surface area (Å²) >= 11 is 0. The fourth-order valence-corrected chi connectivity index (χ4v) is 3.66. The number of methoxy groups -OCH3 is 3. The van der Waals surface area contributed by atoms with Crippen LogP contribution in [0.5, 0.6) is 17.2 Å². The molecule has 38 heavy (non-hydrogen) atoms. The predicted octanol–water partition coefficient (Wildman–Crippen LogP) is 5.59. The zero-order valence-corrected chi connectivity index (χ0v) is 22.7. The molecule has 3 aromatic rings. The molecule has 0 aromatic heterocycles. The first-order chi connectivity index (χ1) is 18.1. The molecule has 8 heteroatoms. The molecule has 0 spiro atoms. The fraction of sp³-hybridized carbons (Fsp3) is 0.333. The summed E-state index contributed by atoms with van der Waals surface area (Å²) in [5.41, 5.74) is 2.99. The molecule has 0 saturated carbocycles. The van der Waals surface area contributed by atoms with E-state index in [-0.39, 0.29) is 37.1 Å². The standard InChI is InChI=1S/C30H34O8/c1-30(2,3)38-29(32)27-23(13-16-25(34-5)28(27)37-19-33-4)18-36-24-14-11-22(12-15-24)21-9-7-20(8-10-21)17-26(31)35-6/h7-16H,17-19H2,1-6H3. The largest absolute Gasteiger partial charge is 0.493 e. The Hall–Kier alpha value is -4.04. The number of benzene rings is 3. The van der Waals surface area contributed by atoms with Crippen LogP contribution in [0, 0.1) is 0 Å². The SMILES string of the molecule is COCOc1c(OC)ccc(COc2ccc(-c3ccc(CC(=O)OC)cc3)cc2)c1C(=O)OC(C)(C)C. The number of hydrogen-bond donors (Lipinski definition) is 0. The number of rotatable bonds is 11. The maximum Gasteiger partial charge on any atom is 0.343 e. The Morgan fingerprint density at radius 2 is 1.42 bits per heavy atom. The van der Waals surface area contributed by atoms with E-state index in [0.29, 0.717) is 17.1 Å². The summed E-state index contributed by atoms with van der Waals surface area (Å²) in [5.74, 6) is 0.418. The molecule has 0 N–H and O–H groups in total. The highest BCUT2D eigenvalue weighted by Gasteiger charge is 2.27. The summed E-state index contributed by atoms with van der Waals surface area (Å²) in [5, 5.41) is 0. The topological polar surface area (TPSA) is 89.5 Å². The maximum absolute atomic E-state index is 13.2. The van der Waals surface area contributed by atoms with Crippen LogP contribution in [0.3, 0.4) is 0 Å². The van der Waals surface area contributed by atoms with Crippen molar-refractivity contribution in [3.8, 4) is 28.4 Å². The van der Waals surface area contributed by atoms with Crippen molar-refractivity contribution < 1.29 is 38.0 Å². The smallest absolute Gasteiger partial charge is 0.343 e. The Morgan fingerprint density at radius 3 is 1.97 bits per heavy atom. The molecule has 0 radical (unpaired) electrons. The summed E-state index contributed by atoms with van der Waals surface area (Å²) in [6.45, 7) is 5.42. The van der Waals surface area contributed by atoms with Crippen LogP contribution in [0.1, 0.15) is 42.3 Å². The molecule has 0 heterocycles. The minimum Gasteiger partial charge on any atom is -0.493 e. The van der Waals surface area contributed by atoms with Gasteiger partial charge in [0.25, 0.3) is 0 Å². The van der Waals surface area contributed by atoms with Crippen molar-refractivity contribution in [2.75, 3.05) is 28.1 Å². The lowest BCUT2D eigenvalue weighted by atomic mass is 10.0. The normalized spacial score (nSPS) is 11.0. The molecule has 0 fully saturated rings. The molecule has 3 rings (SSSR count). The van der Waals surface area contributed by atoms with Gasteiger partial charge >= 0.3 is 11.9 Å². The highest BCUT2D eigenvalue weighted by Crippen LogP contribution is 2.36. The lowest BCUT2D eigenvalue weighted by Crippen LogP contribution is -2.25. The molecule has 0 saturated heterocycles. The van der Waals surface area contributed by atoms with Gasteiger partial charge in [-0.15, -0.1) is 0 Å². The summed E-state index contributed by atoms with van der Waals surface area (Å²) in [6, 6.07) is 18.8. The third-order valence-electron chi connectivity index (χ3n) is 5.46. The molecule has 8 nitrogen and oxygen atoms in total. The van der Waals surface area contributed by atoms with Crippen LogP contribution in [0.25, 0.3) is 11.1 Å². The lowest BCUT2D eigenvalue weighted by molar-refractivity contribution is -0.139. The summed E-state index contributed by atoms with van der Waals surface area (Å²) in [6.07, 6.45) is 0.235. The molecule has 0 amide bonds. The fourth-order valence-electron chi connectivity index (χ4n) is 3.66. The molecule has 0 bridgehead atoms. The number of hydrogen-bond acceptors (Lipinski definition) is 8. The molecular weight excluding hydrogens is 488 g/mol. The number of esters is 2. The van der Waals surface area contributed by atoms with Gasteiger partial charge in [-0.05, 0) is 55.7 Å². The van der Waals surface area contributed by atoms with Crippen molar-refractivity contribution in [3.63, 3.8) is 0 Å². The first kappa shape index (κ1) is 28.5. The third-order valence-corrected chi connectivity index (χ3v) is 5.46. The van der Waals surface area contributed by atoms with Gasteiger partial charge in [-0.25, -0.2) is 4.79 Å². The molecule has 0 aliphatic carbocycles. The lowest BCUT2D eigenvalue weighted by Gasteiger charge is -2.23. The number of ether oxygens (including phenoxy) is 6. The van der Waals surface area contributed by atoms with E-state index in [2.05, 4.69) is 0 Å². The Bertz CT molecular complexity index is 1220. The van der Waals surface area contributed by atoms with Crippen molar-refractivity contribution in [2.24, 2.45) is 0 Å². The number of carbonyl (C=O) groups excluding carboxylic acids is 2. The highest BCUT2D eigenvalue weighted by molar-refractivity contribution is 5.95. The van der Waals surface area contributed by atoms with E-state index in [1.165, 1.54) is 21.3 Å². The first-order valence-electron chi connectivity index (χ1n) is 12.1. The van der Waals surface area contributed by atoms with Crippen LogP contribution in [0.2, 0.25) is 0 Å². The van der Waals surface area contributed by atoms with Gasteiger partial charge in [0.2, 0.25) is 0 Å². The zero-order valence-electron chi connectivity index (χ0n) is 22.7. The van der Waals surface area contributed by atoms with Gasteiger partial charge < -0.3 is 28.4 Å². The Balaban J connectivity index is 1.80. The quantitative estimate of drug-likeness (QED) is 0.238. The predicted molar refractivity (Wildman–Crippen MR) is 143 cm³/mol. The molecule has 0 aliphatic rings. The van der Waals surface area contributed by atoms with E-state index in [9.17, 15) is 9.59 Å². The minimum atomic E-state index is -0.704.